The smallest absolute Gasteiger partial charge is 0.223 e. The molecule has 0 spiro atoms. The normalized spacial score (nSPS) is 10.8. The number of aromatic nitrogens is 2. The topological polar surface area (TPSA) is 85.4 Å². The molecule has 252 valence electrons. The number of hydrogen-bond acceptors (Lipinski definition) is 7. The van der Waals surface area contributed by atoms with E-state index in [1.165, 1.54) is 0 Å². The van der Waals surface area contributed by atoms with Gasteiger partial charge in [-0.3, -0.25) is 4.79 Å². The van der Waals surface area contributed by atoms with Crippen LogP contribution in [0.1, 0.15) is 52.0 Å². The number of aryl methyl sites for hydroxylation is 2. The first-order valence-electron chi connectivity index (χ1n) is 17.0. The van der Waals surface area contributed by atoms with Crippen LogP contribution in [0.2, 0.25) is 0 Å². The Morgan fingerprint density at radius 2 is 0.940 bits per heavy atom. The second kappa shape index (κ2) is 16.0. The van der Waals surface area contributed by atoms with Crippen molar-refractivity contribution in [3.63, 3.8) is 0 Å². The van der Waals surface area contributed by atoms with Crippen molar-refractivity contribution in [3.8, 4) is 34.0 Å². The van der Waals surface area contributed by atoms with Gasteiger partial charge in [0, 0.05) is 35.3 Å². The highest BCUT2D eigenvalue weighted by atomic mass is 16.5. The molecule has 4 aromatic carbocycles. The molecule has 0 aliphatic carbocycles. The first-order chi connectivity index (χ1) is 24.5. The molecule has 6 rings (SSSR count). The molecule has 6 aromatic rings. The number of benzene rings is 4. The number of carbonyl (C=O) groups excluding carboxylic acids is 1. The first-order valence-corrected chi connectivity index (χ1v) is 17.0. The fraction of sp³-hybridized carbons (Fsp3) is 0.186. The minimum absolute atomic E-state index is 0.109. The van der Waals surface area contributed by atoms with Crippen LogP contribution in [0.15, 0.2) is 121 Å². The zero-order valence-electron chi connectivity index (χ0n) is 29.0. The Morgan fingerprint density at radius 1 is 0.520 bits per heavy atom. The van der Waals surface area contributed by atoms with E-state index in [-0.39, 0.29) is 5.78 Å². The Kier molecular flexibility index (Phi) is 10.8. The number of pyridine rings is 2. The maximum absolute atomic E-state index is 14.7. The molecule has 0 saturated carbocycles. The van der Waals surface area contributed by atoms with Gasteiger partial charge in [-0.1, -0.05) is 111 Å². The molecular formula is C43H42N4O3. The zero-order valence-corrected chi connectivity index (χ0v) is 29.0. The van der Waals surface area contributed by atoms with Crippen LogP contribution in [0.25, 0.3) is 22.3 Å². The maximum atomic E-state index is 14.7. The molecule has 0 fully saturated rings. The van der Waals surface area contributed by atoms with Crippen LogP contribution in [0.3, 0.4) is 0 Å². The van der Waals surface area contributed by atoms with E-state index in [9.17, 15) is 4.79 Å². The lowest BCUT2D eigenvalue weighted by molar-refractivity contribution is 0.104. The van der Waals surface area contributed by atoms with E-state index in [4.69, 9.17) is 19.4 Å². The number of carbonyl (C=O) groups is 1. The highest BCUT2D eigenvalue weighted by molar-refractivity contribution is 6.16. The Morgan fingerprint density at radius 3 is 1.32 bits per heavy atom. The van der Waals surface area contributed by atoms with Crippen molar-refractivity contribution in [2.24, 2.45) is 0 Å². The van der Waals surface area contributed by atoms with Gasteiger partial charge in [0.25, 0.3) is 0 Å². The zero-order chi connectivity index (χ0) is 34.9. The van der Waals surface area contributed by atoms with E-state index < -0.39 is 0 Å². The average molecular weight is 663 g/mol. The highest BCUT2D eigenvalue weighted by Gasteiger charge is 2.23. The van der Waals surface area contributed by atoms with Crippen molar-refractivity contribution < 1.29 is 14.3 Å². The highest BCUT2D eigenvalue weighted by Crippen LogP contribution is 2.38. The van der Waals surface area contributed by atoms with Crippen LogP contribution in [0.5, 0.6) is 11.8 Å². The summed E-state index contributed by atoms with van der Waals surface area (Å²) < 4.78 is 11.7. The van der Waals surface area contributed by atoms with Crippen LogP contribution in [0, 0.1) is 0 Å². The lowest BCUT2D eigenvalue weighted by atomic mass is 9.88. The van der Waals surface area contributed by atoms with E-state index in [1.54, 1.807) is 14.2 Å². The lowest BCUT2D eigenvalue weighted by Crippen LogP contribution is -2.09. The van der Waals surface area contributed by atoms with Gasteiger partial charge in [-0.2, -0.15) is 9.97 Å². The summed E-state index contributed by atoms with van der Waals surface area (Å²) in [7, 11) is 3.22. The summed E-state index contributed by atoms with van der Waals surface area (Å²) in [6, 6.07) is 40.1. The summed E-state index contributed by atoms with van der Waals surface area (Å²) in [5.41, 5.74) is 8.66. The van der Waals surface area contributed by atoms with E-state index in [1.807, 2.05) is 84.9 Å². The fourth-order valence-electron chi connectivity index (χ4n) is 5.99. The third-order valence-corrected chi connectivity index (χ3v) is 8.79. The molecule has 7 heteroatoms. The van der Waals surface area contributed by atoms with Crippen LogP contribution in [-0.2, 0) is 25.9 Å². The summed E-state index contributed by atoms with van der Waals surface area (Å²) in [6.45, 7) is 5.46. The van der Waals surface area contributed by atoms with Gasteiger partial charge in [0.05, 0.1) is 14.2 Å². The first kappa shape index (κ1) is 33.9. The predicted octanol–water partition coefficient (Wildman–Crippen LogP) is 9.41. The van der Waals surface area contributed by atoms with Crippen molar-refractivity contribution in [2.75, 3.05) is 24.9 Å². The molecule has 2 N–H and O–H groups in total. The third-order valence-electron chi connectivity index (χ3n) is 8.79. The molecule has 7 nitrogen and oxygen atoms in total. The molecule has 0 atom stereocenters. The van der Waals surface area contributed by atoms with Crippen molar-refractivity contribution in [1.82, 2.24) is 9.97 Å². The van der Waals surface area contributed by atoms with Crippen LogP contribution < -0.4 is 20.1 Å². The lowest BCUT2D eigenvalue weighted by Gasteiger charge is -2.18. The van der Waals surface area contributed by atoms with Gasteiger partial charge < -0.3 is 20.1 Å². The monoisotopic (exact) mass is 662 g/mol. The van der Waals surface area contributed by atoms with Gasteiger partial charge in [-0.05, 0) is 70.5 Å². The summed E-state index contributed by atoms with van der Waals surface area (Å²) in [5, 5.41) is 6.77. The standard InChI is InChI=1S/C43H42N4O3/c1-5-29-17-19-33(37(25-29)35-21-23-39(46-42(35)49-3)44-27-31-13-9-7-10-14-31)41(48)34-20-18-30(6-2)26-38(34)36-22-24-40(47-43(36)50-4)45-28-32-15-11-8-12-16-32/h7-26H,5-6,27-28H2,1-4H3,(H,44,46)(H,45,47). The quantitative estimate of drug-likeness (QED) is 0.112. The number of anilines is 2. The molecule has 2 heterocycles. The Balaban J connectivity index is 1.37. The van der Waals surface area contributed by atoms with E-state index in [0.29, 0.717) is 47.6 Å². The van der Waals surface area contributed by atoms with Gasteiger partial charge in [0.2, 0.25) is 11.8 Å². The van der Waals surface area contributed by atoms with Crippen molar-refractivity contribution in [1.29, 1.82) is 0 Å². The molecule has 0 unspecified atom stereocenters. The van der Waals surface area contributed by atoms with Gasteiger partial charge in [-0.25, -0.2) is 0 Å². The summed E-state index contributed by atoms with van der Waals surface area (Å²) >= 11 is 0. The van der Waals surface area contributed by atoms with Crippen LogP contribution in [0.4, 0.5) is 11.6 Å². The molecule has 0 aliphatic rings. The second-order valence-electron chi connectivity index (χ2n) is 12.0. The number of ketones is 1. The van der Waals surface area contributed by atoms with Crippen molar-refractivity contribution >= 4 is 17.4 Å². The predicted molar refractivity (Wildman–Crippen MR) is 202 cm³/mol. The van der Waals surface area contributed by atoms with Gasteiger partial charge in [0.15, 0.2) is 5.78 Å². The molecule has 0 bridgehead atoms. The van der Waals surface area contributed by atoms with E-state index in [2.05, 4.69) is 60.9 Å². The summed E-state index contributed by atoms with van der Waals surface area (Å²) in [4.78, 5) is 24.3. The third kappa shape index (κ3) is 7.68. The molecule has 0 aliphatic heterocycles. The van der Waals surface area contributed by atoms with E-state index in [0.717, 1.165) is 57.3 Å². The molecule has 0 amide bonds. The minimum Gasteiger partial charge on any atom is -0.480 e. The largest absolute Gasteiger partial charge is 0.480 e. The minimum atomic E-state index is -0.109. The number of rotatable bonds is 14. The average Bonchev–Trinajstić information content (AvgIpc) is 3.19. The van der Waals surface area contributed by atoms with E-state index >= 15 is 0 Å². The van der Waals surface area contributed by atoms with Crippen molar-refractivity contribution in [3.05, 3.63) is 155 Å². The van der Waals surface area contributed by atoms with Crippen LogP contribution in [-0.4, -0.2) is 30.0 Å². The Hall–Kier alpha value is -5.95. The molecular weight excluding hydrogens is 620 g/mol. The SMILES string of the molecule is CCc1ccc(C(=O)c2ccc(CC)cc2-c2ccc(NCc3ccccc3)nc2OC)c(-c2ccc(NCc3ccccc3)nc2OC)c1. The van der Waals surface area contributed by atoms with Crippen LogP contribution >= 0.6 is 0 Å². The van der Waals surface area contributed by atoms with Crippen molar-refractivity contribution in [2.45, 2.75) is 39.8 Å². The Bertz CT molecular complexity index is 1930. The van der Waals surface area contributed by atoms with Gasteiger partial charge >= 0.3 is 0 Å². The summed E-state index contributed by atoms with van der Waals surface area (Å²) in [6.07, 6.45) is 1.63. The summed E-state index contributed by atoms with van der Waals surface area (Å²) in [5.74, 6) is 2.15. The van der Waals surface area contributed by atoms with Gasteiger partial charge in [-0.15, -0.1) is 0 Å². The molecule has 0 radical (unpaired) electrons. The second-order valence-corrected chi connectivity index (χ2v) is 12.0. The fourth-order valence-corrected chi connectivity index (χ4v) is 5.99. The molecule has 50 heavy (non-hydrogen) atoms. The maximum Gasteiger partial charge on any atom is 0.223 e. The number of methoxy groups -OCH3 is 2. The number of hydrogen-bond donors (Lipinski definition) is 2. The number of ether oxygens (including phenoxy) is 2. The Labute approximate surface area is 294 Å². The molecule has 2 aromatic heterocycles. The number of nitrogens with zero attached hydrogens (tertiary/aromatic N) is 2. The molecule has 0 saturated heterocycles. The van der Waals surface area contributed by atoms with Gasteiger partial charge in [0.1, 0.15) is 11.6 Å². The number of nitrogens with one attached hydrogen (secondary N) is 2.